The average molecular weight is 546 g/mol. The monoisotopic (exact) mass is 545 g/mol. The summed E-state index contributed by atoms with van der Waals surface area (Å²) in [5.74, 6) is -0.121. The molecule has 0 bridgehead atoms. The zero-order chi connectivity index (χ0) is 27.6. The van der Waals surface area contributed by atoms with E-state index in [4.69, 9.17) is 0 Å². The fourth-order valence-corrected chi connectivity index (χ4v) is 5.50. The van der Waals surface area contributed by atoms with Gasteiger partial charge >= 0.3 is 0 Å². The van der Waals surface area contributed by atoms with Crippen LogP contribution >= 0.6 is 0 Å². The summed E-state index contributed by atoms with van der Waals surface area (Å²) in [5.41, 5.74) is 2.57. The van der Waals surface area contributed by atoms with Crippen LogP contribution in [-0.4, -0.2) is 83.8 Å². The minimum Gasteiger partial charge on any atom is -0.395 e. The quantitative estimate of drug-likeness (QED) is 0.417. The smallest absolute Gasteiger partial charge is 0.227 e. The molecule has 0 amide bonds. The zero-order valence-electron chi connectivity index (χ0n) is 22.5. The van der Waals surface area contributed by atoms with Crippen molar-refractivity contribution in [3.8, 4) is 11.3 Å². The second-order valence-corrected chi connectivity index (χ2v) is 12.1. The highest BCUT2D eigenvalue weighted by molar-refractivity contribution is 7.90. The number of rotatable bonds is 9. The van der Waals surface area contributed by atoms with E-state index in [-0.39, 0.29) is 29.4 Å². The molecule has 0 saturated carbocycles. The average Bonchev–Trinajstić information content (AvgIpc) is 3.32. The number of anilines is 3. The number of nitrogens with zero attached hydrogens (tertiary/aromatic N) is 6. The molecule has 0 radical (unpaired) electrons. The number of aryl methyl sites for hydroxylation is 1. The molecule has 2 aromatic heterocycles. The van der Waals surface area contributed by atoms with E-state index in [1.54, 1.807) is 36.1 Å². The van der Waals surface area contributed by atoms with Crippen molar-refractivity contribution in [1.82, 2.24) is 24.6 Å². The van der Waals surface area contributed by atoms with Crippen LogP contribution in [-0.2, 0) is 9.84 Å². The van der Waals surface area contributed by atoms with Crippen molar-refractivity contribution in [3.63, 3.8) is 0 Å². The van der Waals surface area contributed by atoms with E-state index in [1.165, 1.54) is 6.07 Å². The highest BCUT2D eigenvalue weighted by atomic mass is 32.2. The molecule has 1 aromatic carbocycles. The Morgan fingerprint density at radius 1 is 1.26 bits per heavy atom. The Hall–Kier alpha value is -3.09. The summed E-state index contributed by atoms with van der Waals surface area (Å²) in [6.45, 7) is 7.88. The van der Waals surface area contributed by atoms with Crippen molar-refractivity contribution in [2.24, 2.45) is 0 Å². The number of aliphatic hydroxyl groups excluding tert-OH is 1. The molecule has 3 heterocycles. The second kappa shape index (κ2) is 11.3. The Balaban J connectivity index is 1.54. The number of hydrogen-bond donors (Lipinski definition) is 2. The molecule has 1 aliphatic heterocycles. The molecule has 38 heavy (non-hydrogen) atoms. The van der Waals surface area contributed by atoms with Gasteiger partial charge in [0.05, 0.1) is 23.6 Å². The van der Waals surface area contributed by atoms with Gasteiger partial charge in [-0.15, -0.1) is 0 Å². The van der Waals surface area contributed by atoms with Gasteiger partial charge in [-0.1, -0.05) is 0 Å². The number of piperidine rings is 1. The summed E-state index contributed by atoms with van der Waals surface area (Å²) in [5, 5.41) is 16.5. The van der Waals surface area contributed by atoms with Crippen molar-refractivity contribution in [1.29, 1.82) is 0 Å². The van der Waals surface area contributed by atoms with Gasteiger partial charge in [0, 0.05) is 56.1 Å². The fourth-order valence-electron chi connectivity index (χ4n) is 4.71. The van der Waals surface area contributed by atoms with Crippen LogP contribution < -0.4 is 10.2 Å². The third kappa shape index (κ3) is 6.13. The van der Waals surface area contributed by atoms with Crippen molar-refractivity contribution >= 4 is 27.2 Å². The first kappa shape index (κ1) is 27.9. The molecule has 10 nitrogen and oxygen atoms in total. The summed E-state index contributed by atoms with van der Waals surface area (Å²) in [6, 6.07) is 5.30. The molecule has 1 aliphatic rings. The summed E-state index contributed by atoms with van der Waals surface area (Å²) >= 11 is 0. The van der Waals surface area contributed by atoms with Crippen molar-refractivity contribution in [3.05, 3.63) is 42.0 Å². The molecule has 1 fully saturated rings. The maximum absolute atomic E-state index is 15.1. The summed E-state index contributed by atoms with van der Waals surface area (Å²) < 4.78 is 41.6. The lowest BCUT2D eigenvalue weighted by Crippen LogP contribution is -2.44. The number of benzene rings is 1. The minimum atomic E-state index is -3.60. The van der Waals surface area contributed by atoms with Crippen LogP contribution in [0, 0.1) is 12.7 Å². The van der Waals surface area contributed by atoms with Gasteiger partial charge in [0.2, 0.25) is 5.95 Å². The van der Waals surface area contributed by atoms with Crippen LogP contribution in [0.25, 0.3) is 11.3 Å². The molecular formula is C26H36FN7O3S. The van der Waals surface area contributed by atoms with Crippen LogP contribution in [0.5, 0.6) is 0 Å². The summed E-state index contributed by atoms with van der Waals surface area (Å²) in [6.07, 6.45) is 6.21. The Bertz CT molecular complexity index is 1390. The van der Waals surface area contributed by atoms with E-state index in [0.29, 0.717) is 40.8 Å². The van der Waals surface area contributed by atoms with Crippen LogP contribution in [0.1, 0.15) is 38.3 Å². The number of hydrogen-bond acceptors (Lipinski definition) is 9. The predicted octanol–water partition coefficient (Wildman–Crippen LogP) is 3.41. The molecule has 0 spiro atoms. The van der Waals surface area contributed by atoms with E-state index in [2.05, 4.69) is 25.3 Å². The van der Waals surface area contributed by atoms with Gasteiger partial charge in [0.15, 0.2) is 14.9 Å². The largest absolute Gasteiger partial charge is 0.395 e. The van der Waals surface area contributed by atoms with E-state index in [1.807, 2.05) is 25.8 Å². The highest BCUT2D eigenvalue weighted by Crippen LogP contribution is 2.31. The first-order valence-corrected chi connectivity index (χ1v) is 14.6. The van der Waals surface area contributed by atoms with E-state index in [0.717, 1.165) is 32.2 Å². The molecule has 0 unspecified atom stereocenters. The molecule has 206 valence electrons. The van der Waals surface area contributed by atoms with Crippen molar-refractivity contribution < 1.29 is 17.9 Å². The molecule has 12 heteroatoms. The molecule has 3 aromatic rings. The lowest BCUT2D eigenvalue weighted by atomic mass is 10.0. The van der Waals surface area contributed by atoms with Gasteiger partial charge in [-0.2, -0.15) is 5.10 Å². The van der Waals surface area contributed by atoms with Gasteiger partial charge < -0.3 is 20.2 Å². The summed E-state index contributed by atoms with van der Waals surface area (Å²) in [7, 11) is -1.59. The zero-order valence-corrected chi connectivity index (χ0v) is 23.3. The number of sulfone groups is 1. The minimum absolute atomic E-state index is 0.0299. The van der Waals surface area contributed by atoms with Crippen molar-refractivity contribution in [2.45, 2.75) is 50.7 Å². The first-order chi connectivity index (χ1) is 18.0. The third-order valence-electron chi connectivity index (χ3n) is 6.89. The lowest BCUT2D eigenvalue weighted by molar-refractivity contribution is 0.161. The fraction of sp³-hybridized carbons (Fsp3) is 0.500. The predicted molar refractivity (Wildman–Crippen MR) is 146 cm³/mol. The lowest BCUT2D eigenvalue weighted by Gasteiger charge is -2.37. The van der Waals surface area contributed by atoms with Crippen LogP contribution in [0.15, 0.2) is 35.6 Å². The number of nitrogens with one attached hydrogen (secondary N) is 1. The number of likely N-dealkylation sites (N-methyl/N-ethyl adjacent to an activating group) is 1. The van der Waals surface area contributed by atoms with Crippen LogP contribution in [0.3, 0.4) is 0 Å². The SMILES string of the molecule is Cc1cnc(Nc2ccc(N3CCC(N(C)CCO)CC3)c(F)c2)nc1-c1cn(C(C)C)nc1S(C)(=O)=O. The maximum Gasteiger partial charge on any atom is 0.227 e. The second-order valence-electron chi connectivity index (χ2n) is 10.1. The summed E-state index contributed by atoms with van der Waals surface area (Å²) in [4.78, 5) is 13.1. The molecule has 1 saturated heterocycles. The number of aromatic nitrogens is 4. The normalized spacial score (nSPS) is 15.0. The van der Waals surface area contributed by atoms with Crippen molar-refractivity contribution in [2.75, 3.05) is 49.8 Å². The highest BCUT2D eigenvalue weighted by Gasteiger charge is 2.25. The molecule has 0 atom stereocenters. The van der Waals surface area contributed by atoms with Gasteiger partial charge in [-0.05, 0) is 64.4 Å². The van der Waals surface area contributed by atoms with Gasteiger partial charge in [0.25, 0.3) is 0 Å². The van der Waals surface area contributed by atoms with Gasteiger partial charge in [-0.3, -0.25) is 4.68 Å². The number of halogens is 1. The van der Waals surface area contributed by atoms with Gasteiger partial charge in [-0.25, -0.2) is 22.8 Å². The Morgan fingerprint density at radius 3 is 2.58 bits per heavy atom. The molecule has 4 rings (SSSR count). The van der Waals surface area contributed by atoms with E-state index >= 15 is 4.39 Å². The third-order valence-corrected chi connectivity index (χ3v) is 7.89. The van der Waals surface area contributed by atoms with E-state index in [9.17, 15) is 13.5 Å². The maximum atomic E-state index is 15.1. The molecular weight excluding hydrogens is 509 g/mol. The van der Waals surface area contributed by atoms with Gasteiger partial charge in [0.1, 0.15) is 5.82 Å². The standard InChI is InChI=1S/C26H36FN7O3S/c1-17(2)34-16-21(25(31-34)38(5,36)37)24-18(3)15-28-26(30-24)29-19-6-7-23(22(27)14-19)33-10-8-20(9-11-33)32(4)12-13-35/h6-7,14-17,20,35H,8-13H2,1-5H3,(H,28,29,30). The van der Waals surface area contributed by atoms with Crippen LogP contribution in [0.2, 0.25) is 0 Å². The van der Waals surface area contributed by atoms with E-state index < -0.39 is 9.84 Å². The Labute approximate surface area is 223 Å². The Kier molecular flexibility index (Phi) is 8.34. The Morgan fingerprint density at radius 2 is 1.97 bits per heavy atom. The topological polar surface area (TPSA) is 116 Å². The first-order valence-electron chi connectivity index (χ1n) is 12.7. The van der Waals surface area contributed by atoms with Crippen LogP contribution in [0.4, 0.5) is 21.7 Å². The molecule has 2 N–H and O–H groups in total. The number of aliphatic hydroxyl groups is 1. The molecule has 0 aliphatic carbocycles.